The van der Waals surface area contributed by atoms with Crippen LogP contribution in [0.25, 0.3) is 0 Å². The number of hydrogen-bond acceptors (Lipinski definition) is 3. The second-order valence-electron chi connectivity index (χ2n) is 3.25. The Morgan fingerprint density at radius 1 is 1.33 bits per heavy atom. The van der Waals surface area contributed by atoms with Crippen molar-refractivity contribution in [2.45, 2.75) is 13.3 Å². The van der Waals surface area contributed by atoms with Crippen molar-refractivity contribution in [3.63, 3.8) is 0 Å². The van der Waals surface area contributed by atoms with Gasteiger partial charge < -0.3 is 15.2 Å². The molecule has 0 heterocycles. The van der Waals surface area contributed by atoms with E-state index in [-0.39, 0.29) is 0 Å². The number of hydrogen-bond donors (Lipinski definition) is 1. The SMILES string of the molecule is COc1cc(CCN)c(OC)c(Cl)c1C. The Labute approximate surface area is 95.1 Å². The van der Waals surface area contributed by atoms with E-state index < -0.39 is 0 Å². The van der Waals surface area contributed by atoms with Gasteiger partial charge in [-0.25, -0.2) is 0 Å². The van der Waals surface area contributed by atoms with E-state index in [4.69, 9.17) is 26.8 Å². The third kappa shape index (κ3) is 2.36. The van der Waals surface area contributed by atoms with Gasteiger partial charge in [-0.1, -0.05) is 11.6 Å². The summed E-state index contributed by atoms with van der Waals surface area (Å²) in [5.41, 5.74) is 7.39. The highest BCUT2D eigenvalue weighted by molar-refractivity contribution is 6.33. The second kappa shape index (κ2) is 5.24. The third-order valence-electron chi connectivity index (χ3n) is 2.33. The Morgan fingerprint density at radius 3 is 2.47 bits per heavy atom. The molecule has 0 aromatic heterocycles. The van der Waals surface area contributed by atoms with Crippen molar-refractivity contribution in [2.24, 2.45) is 5.73 Å². The molecule has 1 aromatic rings. The molecule has 4 heteroatoms. The van der Waals surface area contributed by atoms with Crippen LogP contribution in [-0.2, 0) is 6.42 Å². The Balaban J connectivity index is 3.30. The van der Waals surface area contributed by atoms with Crippen LogP contribution in [-0.4, -0.2) is 20.8 Å². The van der Waals surface area contributed by atoms with Gasteiger partial charge in [0.1, 0.15) is 11.5 Å². The predicted molar refractivity (Wildman–Crippen MR) is 62.1 cm³/mol. The average molecular weight is 230 g/mol. The molecule has 0 aliphatic heterocycles. The van der Waals surface area contributed by atoms with Crippen LogP contribution in [0.1, 0.15) is 11.1 Å². The lowest BCUT2D eigenvalue weighted by atomic mass is 10.1. The summed E-state index contributed by atoms with van der Waals surface area (Å²) in [4.78, 5) is 0. The molecule has 2 N–H and O–H groups in total. The molecule has 1 rings (SSSR count). The summed E-state index contributed by atoms with van der Waals surface area (Å²) in [6.45, 7) is 2.45. The van der Waals surface area contributed by atoms with Crippen LogP contribution in [0, 0.1) is 6.92 Å². The van der Waals surface area contributed by atoms with Crippen LogP contribution in [0.5, 0.6) is 11.5 Å². The van der Waals surface area contributed by atoms with Crippen molar-refractivity contribution in [1.29, 1.82) is 0 Å². The summed E-state index contributed by atoms with van der Waals surface area (Å²) < 4.78 is 10.5. The van der Waals surface area contributed by atoms with Crippen LogP contribution < -0.4 is 15.2 Å². The van der Waals surface area contributed by atoms with E-state index in [0.717, 1.165) is 23.3 Å². The van der Waals surface area contributed by atoms with Gasteiger partial charge in [0.05, 0.1) is 19.2 Å². The first-order valence-corrected chi connectivity index (χ1v) is 5.13. The molecule has 0 aliphatic rings. The Morgan fingerprint density at radius 2 is 2.00 bits per heavy atom. The van der Waals surface area contributed by atoms with Crippen molar-refractivity contribution in [3.8, 4) is 11.5 Å². The highest BCUT2D eigenvalue weighted by atomic mass is 35.5. The minimum absolute atomic E-state index is 0.554. The standard InChI is InChI=1S/C11H16ClNO2/c1-7-9(14-2)6-8(4-5-13)11(15-3)10(7)12/h6H,4-5,13H2,1-3H3. The lowest BCUT2D eigenvalue weighted by molar-refractivity contribution is 0.396. The van der Waals surface area contributed by atoms with Gasteiger partial charge in [-0.15, -0.1) is 0 Å². The van der Waals surface area contributed by atoms with Gasteiger partial charge in [-0.2, -0.15) is 0 Å². The molecule has 0 saturated carbocycles. The van der Waals surface area contributed by atoms with E-state index in [1.165, 1.54) is 0 Å². The third-order valence-corrected chi connectivity index (χ3v) is 2.79. The molecule has 1 aromatic carbocycles. The van der Waals surface area contributed by atoms with E-state index in [1.54, 1.807) is 14.2 Å². The van der Waals surface area contributed by atoms with Crippen molar-refractivity contribution < 1.29 is 9.47 Å². The molecule has 84 valence electrons. The van der Waals surface area contributed by atoms with Crippen molar-refractivity contribution in [3.05, 3.63) is 22.2 Å². The minimum atomic E-state index is 0.554. The fraction of sp³-hybridized carbons (Fsp3) is 0.455. The summed E-state index contributed by atoms with van der Waals surface area (Å²) in [7, 11) is 3.23. The average Bonchev–Trinajstić information content (AvgIpc) is 2.24. The van der Waals surface area contributed by atoms with Gasteiger partial charge in [0.15, 0.2) is 0 Å². The zero-order chi connectivity index (χ0) is 11.4. The normalized spacial score (nSPS) is 10.2. The number of ether oxygens (including phenoxy) is 2. The first-order valence-electron chi connectivity index (χ1n) is 4.75. The van der Waals surface area contributed by atoms with Gasteiger partial charge in [-0.05, 0) is 26.0 Å². The number of nitrogens with two attached hydrogens (primary N) is 1. The van der Waals surface area contributed by atoms with Crippen molar-refractivity contribution in [1.82, 2.24) is 0 Å². The molecule has 0 atom stereocenters. The largest absolute Gasteiger partial charge is 0.496 e. The van der Waals surface area contributed by atoms with Gasteiger partial charge in [-0.3, -0.25) is 0 Å². The molecular weight excluding hydrogens is 214 g/mol. The molecule has 0 bridgehead atoms. The van der Waals surface area contributed by atoms with Crippen LogP contribution in [0.15, 0.2) is 6.07 Å². The van der Waals surface area contributed by atoms with Gasteiger partial charge in [0.2, 0.25) is 0 Å². The molecule has 3 nitrogen and oxygen atoms in total. The fourth-order valence-corrected chi connectivity index (χ4v) is 1.82. The number of methoxy groups -OCH3 is 2. The van der Waals surface area contributed by atoms with E-state index in [2.05, 4.69) is 0 Å². The Kier molecular flexibility index (Phi) is 4.24. The summed E-state index contributed by atoms with van der Waals surface area (Å²) in [5, 5.41) is 0.598. The summed E-state index contributed by atoms with van der Waals surface area (Å²) >= 11 is 6.17. The maximum atomic E-state index is 6.17. The highest BCUT2D eigenvalue weighted by Crippen LogP contribution is 2.37. The topological polar surface area (TPSA) is 44.5 Å². The molecule has 0 spiro atoms. The number of benzene rings is 1. The zero-order valence-electron chi connectivity index (χ0n) is 9.26. The lowest BCUT2D eigenvalue weighted by Gasteiger charge is -2.14. The monoisotopic (exact) mass is 229 g/mol. The van der Waals surface area contributed by atoms with Crippen LogP contribution >= 0.6 is 11.6 Å². The summed E-state index contributed by atoms with van der Waals surface area (Å²) in [6, 6.07) is 1.92. The highest BCUT2D eigenvalue weighted by Gasteiger charge is 2.14. The van der Waals surface area contributed by atoms with Crippen molar-refractivity contribution in [2.75, 3.05) is 20.8 Å². The molecule has 0 radical (unpaired) electrons. The molecule has 15 heavy (non-hydrogen) atoms. The second-order valence-corrected chi connectivity index (χ2v) is 3.63. The Hall–Kier alpha value is -0.930. The maximum Gasteiger partial charge on any atom is 0.141 e. The van der Waals surface area contributed by atoms with Crippen molar-refractivity contribution >= 4 is 11.6 Å². The quantitative estimate of drug-likeness (QED) is 0.861. The van der Waals surface area contributed by atoms with Gasteiger partial charge >= 0.3 is 0 Å². The molecular formula is C11H16ClNO2. The van der Waals surface area contributed by atoms with Crippen LogP contribution in [0.2, 0.25) is 5.02 Å². The van der Waals surface area contributed by atoms with E-state index in [1.807, 2.05) is 13.0 Å². The Bertz CT molecular complexity index is 353. The molecule has 0 unspecified atom stereocenters. The van der Waals surface area contributed by atoms with Gasteiger partial charge in [0.25, 0.3) is 0 Å². The maximum absolute atomic E-state index is 6.17. The van der Waals surface area contributed by atoms with E-state index >= 15 is 0 Å². The zero-order valence-corrected chi connectivity index (χ0v) is 10.0. The smallest absolute Gasteiger partial charge is 0.141 e. The summed E-state index contributed by atoms with van der Waals surface area (Å²) in [6.07, 6.45) is 0.722. The van der Waals surface area contributed by atoms with E-state index in [9.17, 15) is 0 Å². The summed E-state index contributed by atoms with van der Waals surface area (Å²) in [5.74, 6) is 1.46. The minimum Gasteiger partial charge on any atom is -0.496 e. The number of rotatable bonds is 4. The fourth-order valence-electron chi connectivity index (χ4n) is 1.53. The molecule has 0 aliphatic carbocycles. The first-order chi connectivity index (χ1) is 7.15. The molecule has 0 amide bonds. The molecule has 0 fully saturated rings. The van der Waals surface area contributed by atoms with Crippen LogP contribution in [0.4, 0.5) is 0 Å². The van der Waals surface area contributed by atoms with Crippen LogP contribution in [0.3, 0.4) is 0 Å². The van der Waals surface area contributed by atoms with E-state index in [0.29, 0.717) is 17.3 Å². The van der Waals surface area contributed by atoms with Gasteiger partial charge in [0, 0.05) is 11.1 Å². The predicted octanol–water partition coefficient (Wildman–Crippen LogP) is 2.17. The first kappa shape index (κ1) is 12.1. The lowest BCUT2D eigenvalue weighted by Crippen LogP contribution is -2.05. The number of halogens is 1. The molecule has 0 saturated heterocycles.